The highest BCUT2D eigenvalue weighted by atomic mass is 16.5. The van der Waals surface area contributed by atoms with Crippen molar-refractivity contribution in [2.75, 3.05) is 7.11 Å². The number of pyridine rings is 1. The zero-order valence-corrected chi connectivity index (χ0v) is 8.19. The summed E-state index contributed by atoms with van der Waals surface area (Å²) in [5, 5.41) is 0. The Bertz CT molecular complexity index is 429. The van der Waals surface area contributed by atoms with E-state index >= 15 is 0 Å². The summed E-state index contributed by atoms with van der Waals surface area (Å²) in [4.78, 5) is 25.0. The standard InChI is InChI=1S/C11H9NO3/c1-15-11(14)4-2-3-9-5-10(8-13)7-12-6-9/h5-8H,4H2,1H3. The fourth-order valence-electron chi connectivity index (χ4n) is 0.881. The quantitative estimate of drug-likeness (QED) is 0.405. The van der Waals surface area contributed by atoms with Crippen LogP contribution in [0.5, 0.6) is 0 Å². The molecule has 0 fully saturated rings. The molecule has 1 aromatic heterocycles. The van der Waals surface area contributed by atoms with Crippen LogP contribution < -0.4 is 0 Å². The van der Waals surface area contributed by atoms with Gasteiger partial charge in [-0.15, -0.1) is 0 Å². The van der Waals surface area contributed by atoms with Crippen LogP contribution >= 0.6 is 0 Å². The van der Waals surface area contributed by atoms with Crippen molar-refractivity contribution in [1.82, 2.24) is 4.98 Å². The molecule has 1 aromatic rings. The molecule has 15 heavy (non-hydrogen) atoms. The Balaban J connectivity index is 2.71. The van der Waals surface area contributed by atoms with E-state index in [4.69, 9.17) is 0 Å². The second-order valence-corrected chi connectivity index (χ2v) is 2.68. The average molecular weight is 203 g/mol. The third-order valence-corrected chi connectivity index (χ3v) is 1.59. The van der Waals surface area contributed by atoms with Gasteiger partial charge in [0.2, 0.25) is 0 Å². The molecule has 0 aliphatic heterocycles. The summed E-state index contributed by atoms with van der Waals surface area (Å²) >= 11 is 0. The van der Waals surface area contributed by atoms with Crippen LogP contribution in [0.3, 0.4) is 0 Å². The minimum atomic E-state index is -0.387. The number of hydrogen-bond acceptors (Lipinski definition) is 4. The number of rotatable bonds is 2. The maximum atomic E-state index is 10.7. The monoisotopic (exact) mass is 203 g/mol. The Morgan fingerprint density at radius 2 is 2.40 bits per heavy atom. The van der Waals surface area contributed by atoms with E-state index < -0.39 is 0 Å². The predicted octanol–water partition coefficient (Wildman–Crippen LogP) is 0.809. The summed E-state index contributed by atoms with van der Waals surface area (Å²) in [6.07, 6.45) is 3.69. The molecular weight excluding hydrogens is 194 g/mol. The molecule has 0 bridgehead atoms. The van der Waals surface area contributed by atoms with Crippen LogP contribution in [0.25, 0.3) is 0 Å². The Kier molecular flexibility index (Phi) is 4.05. The zero-order chi connectivity index (χ0) is 11.1. The highest BCUT2D eigenvalue weighted by Gasteiger charge is 1.94. The number of esters is 1. The smallest absolute Gasteiger partial charge is 0.317 e. The van der Waals surface area contributed by atoms with Gasteiger partial charge in [-0.1, -0.05) is 11.8 Å². The summed E-state index contributed by atoms with van der Waals surface area (Å²) in [5.41, 5.74) is 1.06. The molecule has 1 rings (SSSR count). The van der Waals surface area contributed by atoms with Gasteiger partial charge in [0.1, 0.15) is 6.42 Å². The van der Waals surface area contributed by atoms with Crippen LogP contribution in [0, 0.1) is 11.8 Å². The number of nitrogens with zero attached hydrogens (tertiary/aromatic N) is 1. The molecule has 0 aliphatic rings. The van der Waals surface area contributed by atoms with E-state index in [0.717, 1.165) is 0 Å². The van der Waals surface area contributed by atoms with Crippen molar-refractivity contribution >= 4 is 12.3 Å². The van der Waals surface area contributed by atoms with Gasteiger partial charge in [0, 0.05) is 23.5 Å². The maximum Gasteiger partial charge on any atom is 0.317 e. The third-order valence-electron chi connectivity index (χ3n) is 1.59. The SMILES string of the molecule is COC(=O)CC#Cc1cncc(C=O)c1. The molecule has 0 radical (unpaired) electrons. The summed E-state index contributed by atoms with van der Waals surface area (Å²) in [7, 11) is 1.30. The number of aromatic nitrogens is 1. The lowest BCUT2D eigenvalue weighted by atomic mass is 10.2. The fourth-order valence-corrected chi connectivity index (χ4v) is 0.881. The first-order chi connectivity index (χ1) is 7.26. The lowest BCUT2D eigenvalue weighted by Gasteiger charge is -1.91. The fraction of sp³-hybridized carbons (Fsp3) is 0.182. The van der Waals surface area contributed by atoms with Gasteiger partial charge in [0.05, 0.1) is 7.11 Å². The van der Waals surface area contributed by atoms with Crippen LogP contribution in [-0.2, 0) is 9.53 Å². The summed E-state index contributed by atoms with van der Waals surface area (Å²) in [6.45, 7) is 0. The van der Waals surface area contributed by atoms with Crippen molar-refractivity contribution in [3.63, 3.8) is 0 Å². The molecule has 0 unspecified atom stereocenters. The molecule has 0 saturated heterocycles. The van der Waals surface area contributed by atoms with Crippen molar-refractivity contribution in [2.24, 2.45) is 0 Å². The normalized spacial score (nSPS) is 8.60. The van der Waals surface area contributed by atoms with Gasteiger partial charge < -0.3 is 4.74 Å². The average Bonchev–Trinajstić information content (AvgIpc) is 2.29. The lowest BCUT2D eigenvalue weighted by molar-refractivity contribution is -0.139. The maximum absolute atomic E-state index is 10.7. The zero-order valence-electron chi connectivity index (χ0n) is 8.19. The number of aldehydes is 1. The minimum Gasteiger partial charge on any atom is -0.468 e. The highest BCUT2D eigenvalue weighted by molar-refractivity contribution is 5.75. The first kappa shape index (κ1) is 10.9. The van der Waals surface area contributed by atoms with Gasteiger partial charge in [0.25, 0.3) is 0 Å². The van der Waals surface area contributed by atoms with E-state index in [1.165, 1.54) is 19.5 Å². The first-order valence-electron chi connectivity index (χ1n) is 4.22. The van der Waals surface area contributed by atoms with E-state index in [9.17, 15) is 9.59 Å². The third kappa shape index (κ3) is 3.61. The highest BCUT2D eigenvalue weighted by Crippen LogP contribution is 1.98. The van der Waals surface area contributed by atoms with Crippen LogP contribution in [0.2, 0.25) is 0 Å². The van der Waals surface area contributed by atoms with Gasteiger partial charge in [-0.3, -0.25) is 14.6 Å². The molecule has 0 aliphatic carbocycles. The van der Waals surface area contributed by atoms with Crippen LogP contribution in [0.4, 0.5) is 0 Å². The van der Waals surface area contributed by atoms with Crippen molar-refractivity contribution in [1.29, 1.82) is 0 Å². The molecule has 0 saturated carbocycles. The van der Waals surface area contributed by atoms with Gasteiger partial charge in [-0.25, -0.2) is 0 Å². The van der Waals surface area contributed by atoms with Crippen LogP contribution in [0.15, 0.2) is 18.5 Å². The van der Waals surface area contributed by atoms with E-state index in [-0.39, 0.29) is 12.4 Å². The Labute approximate surface area is 87.3 Å². The second-order valence-electron chi connectivity index (χ2n) is 2.68. The Morgan fingerprint density at radius 3 is 3.07 bits per heavy atom. The van der Waals surface area contributed by atoms with Crippen LogP contribution in [-0.4, -0.2) is 24.3 Å². The van der Waals surface area contributed by atoms with Crippen molar-refractivity contribution < 1.29 is 14.3 Å². The molecule has 1 heterocycles. The molecule has 0 N–H and O–H groups in total. The van der Waals surface area contributed by atoms with E-state index in [1.807, 2.05) is 0 Å². The second kappa shape index (κ2) is 5.55. The number of methoxy groups -OCH3 is 1. The van der Waals surface area contributed by atoms with Crippen molar-refractivity contribution in [3.8, 4) is 11.8 Å². The molecule has 0 aromatic carbocycles. The van der Waals surface area contributed by atoms with Gasteiger partial charge in [-0.05, 0) is 6.07 Å². The molecule has 4 nitrogen and oxygen atoms in total. The van der Waals surface area contributed by atoms with E-state index in [1.54, 1.807) is 6.07 Å². The molecular formula is C11H9NO3. The first-order valence-corrected chi connectivity index (χ1v) is 4.22. The molecule has 0 amide bonds. The van der Waals surface area contributed by atoms with E-state index in [0.29, 0.717) is 17.4 Å². The summed E-state index contributed by atoms with van der Waals surface area (Å²) in [5.74, 6) is 4.95. The molecule has 4 heteroatoms. The summed E-state index contributed by atoms with van der Waals surface area (Å²) < 4.78 is 4.42. The molecule has 0 spiro atoms. The number of hydrogen-bond donors (Lipinski definition) is 0. The van der Waals surface area contributed by atoms with Crippen molar-refractivity contribution in [2.45, 2.75) is 6.42 Å². The number of carbonyl (C=O) groups is 2. The van der Waals surface area contributed by atoms with Crippen LogP contribution in [0.1, 0.15) is 22.3 Å². The Morgan fingerprint density at radius 1 is 1.60 bits per heavy atom. The number of ether oxygens (including phenoxy) is 1. The molecule has 76 valence electrons. The van der Waals surface area contributed by atoms with Gasteiger partial charge in [-0.2, -0.15) is 0 Å². The predicted molar refractivity (Wildman–Crippen MR) is 53.1 cm³/mol. The summed E-state index contributed by atoms with van der Waals surface area (Å²) in [6, 6.07) is 1.60. The van der Waals surface area contributed by atoms with Gasteiger partial charge in [0.15, 0.2) is 6.29 Å². The minimum absolute atomic E-state index is 0.0296. The van der Waals surface area contributed by atoms with Crippen molar-refractivity contribution in [3.05, 3.63) is 29.6 Å². The lowest BCUT2D eigenvalue weighted by Crippen LogP contribution is -1.97. The largest absolute Gasteiger partial charge is 0.468 e. The Hall–Kier alpha value is -2.15. The van der Waals surface area contributed by atoms with E-state index in [2.05, 4.69) is 21.6 Å². The number of carbonyl (C=O) groups excluding carboxylic acids is 2. The molecule has 0 atom stereocenters. The van der Waals surface area contributed by atoms with Gasteiger partial charge >= 0.3 is 5.97 Å². The topological polar surface area (TPSA) is 56.3 Å².